The Hall–Kier alpha value is 0.270. The van der Waals surface area contributed by atoms with E-state index in [-0.39, 0.29) is 5.54 Å². The minimum atomic E-state index is 0.250. The van der Waals surface area contributed by atoms with Crippen LogP contribution in [0.4, 0.5) is 0 Å². The number of nitrogens with two attached hydrogens (primary N) is 1. The SMILES string of the molecule is CCCCCC(C)(CN)N1CCCSCC1. The fraction of sp³-hybridized carbons (Fsp3) is 1.00. The average Bonchev–Trinajstić information content (AvgIpc) is 2.58. The van der Waals surface area contributed by atoms with Gasteiger partial charge in [0.05, 0.1) is 0 Å². The summed E-state index contributed by atoms with van der Waals surface area (Å²) in [7, 11) is 0. The van der Waals surface area contributed by atoms with Crippen molar-refractivity contribution in [3.63, 3.8) is 0 Å². The number of thioether (sulfide) groups is 1. The molecule has 1 unspecified atom stereocenters. The summed E-state index contributed by atoms with van der Waals surface area (Å²) >= 11 is 2.09. The molecule has 0 aromatic carbocycles. The monoisotopic (exact) mass is 244 g/mol. The molecule has 16 heavy (non-hydrogen) atoms. The Labute approximate surface area is 105 Å². The first kappa shape index (κ1) is 14.3. The van der Waals surface area contributed by atoms with E-state index in [2.05, 4.69) is 30.5 Å². The van der Waals surface area contributed by atoms with Crippen molar-refractivity contribution in [2.24, 2.45) is 5.73 Å². The van der Waals surface area contributed by atoms with Gasteiger partial charge in [-0.15, -0.1) is 0 Å². The molecule has 1 aliphatic rings. The van der Waals surface area contributed by atoms with Crippen molar-refractivity contribution in [3.8, 4) is 0 Å². The Morgan fingerprint density at radius 3 is 2.75 bits per heavy atom. The first-order valence-electron chi connectivity index (χ1n) is 6.76. The van der Waals surface area contributed by atoms with Gasteiger partial charge in [-0.1, -0.05) is 26.2 Å². The molecule has 1 saturated heterocycles. The van der Waals surface area contributed by atoms with E-state index < -0.39 is 0 Å². The lowest BCUT2D eigenvalue weighted by Gasteiger charge is -2.40. The maximum atomic E-state index is 6.02. The van der Waals surface area contributed by atoms with Crippen LogP contribution < -0.4 is 5.73 Å². The third-order valence-electron chi connectivity index (χ3n) is 3.74. The van der Waals surface area contributed by atoms with Gasteiger partial charge in [0.15, 0.2) is 0 Å². The van der Waals surface area contributed by atoms with Gasteiger partial charge in [-0.2, -0.15) is 11.8 Å². The first-order chi connectivity index (χ1) is 7.73. The zero-order valence-electron chi connectivity index (χ0n) is 11.0. The predicted octanol–water partition coefficient (Wildman–Crippen LogP) is 2.72. The number of rotatable bonds is 6. The van der Waals surface area contributed by atoms with Crippen LogP contribution in [0.2, 0.25) is 0 Å². The van der Waals surface area contributed by atoms with Gasteiger partial charge < -0.3 is 5.73 Å². The second kappa shape index (κ2) is 7.57. The second-order valence-corrected chi connectivity index (χ2v) is 6.34. The molecular formula is C13H28N2S. The molecule has 1 rings (SSSR count). The zero-order chi connectivity index (χ0) is 11.9. The smallest absolute Gasteiger partial charge is 0.0303 e. The van der Waals surface area contributed by atoms with Crippen molar-refractivity contribution in [1.29, 1.82) is 0 Å². The molecule has 1 heterocycles. The Balaban J connectivity index is 2.47. The maximum Gasteiger partial charge on any atom is 0.0303 e. The van der Waals surface area contributed by atoms with Crippen LogP contribution >= 0.6 is 11.8 Å². The highest BCUT2D eigenvalue weighted by molar-refractivity contribution is 7.99. The Bertz CT molecular complexity index is 179. The third kappa shape index (κ3) is 4.27. The van der Waals surface area contributed by atoms with Crippen molar-refractivity contribution in [2.75, 3.05) is 31.1 Å². The molecule has 3 heteroatoms. The van der Waals surface area contributed by atoms with Crippen molar-refractivity contribution in [2.45, 2.75) is 51.5 Å². The molecule has 2 nitrogen and oxygen atoms in total. The van der Waals surface area contributed by atoms with Gasteiger partial charge in [-0.3, -0.25) is 4.90 Å². The lowest BCUT2D eigenvalue weighted by Crippen LogP contribution is -2.52. The minimum Gasteiger partial charge on any atom is -0.329 e. The summed E-state index contributed by atoms with van der Waals surface area (Å²) in [6.07, 6.45) is 6.57. The normalized spacial score (nSPS) is 22.7. The molecule has 0 amide bonds. The van der Waals surface area contributed by atoms with Crippen LogP contribution in [-0.2, 0) is 0 Å². The molecule has 1 atom stereocenters. The third-order valence-corrected chi connectivity index (χ3v) is 4.79. The molecule has 2 N–H and O–H groups in total. The topological polar surface area (TPSA) is 29.3 Å². The van der Waals surface area contributed by atoms with E-state index in [0.29, 0.717) is 0 Å². The van der Waals surface area contributed by atoms with Crippen molar-refractivity contribution in [3.05, 3.63) is 0 Å². The number of hydrogen-bond acceptors (Lipinski definition) is 3. The van der Waals surface area contributed by atoms with Gasteiger partial charge in [0.2, 0.25) is 0 Å². The summed E-state index contributed by atoms with van der Waals surface area (Å²) in [4.78, 5) is 2.64. The van der Waals surface area contributed by atoms with Gasteiger partial charge in [0, 0.05) is 24.4 Å². The maximum absolute atomic E-state index is 6.02. The van der Waals surface area contributed by atoms with E-state index in [4.69, 9.17) is 5.73 Å². The van der Waals surface area contributed by atoms with E-state index in [1.807, 2.05) is 0 Å². The van der Waals surface area contributed by atoms with Crippen molar-refractivity contribution in [1.82, 2.24) is 4.90 Å². The fourth-order valence-corrected chi connectivity index (χ4v) is 3.32. The van der Waals surface area contributed by atoms with E-state index in [0.717, 1.165) is 6.54 Å². The molecule has 0 radical (unpaired) electrons. The molecular weight excluding hydrogens is 216 g/mol. The van der Waals surface area contributed by atoms with Crippen LogP contribution in [0.1, 0.15) is 46.0 Å². The molecule has 1 aliphatic heterocycles. The summed E-state index contributed by atoms with van der Waals surface area (Å²) in [5.74, 6) is 2.61. The number of hydrogen-bond donors (Lipinski definition) is 1. The highest BCUT2D eigenvalue weighted by Gasteiger charge is 2.29. The van der Waals surface area contributed by atoms with Crippen LogP contribution in [0.3, 0.4) is 0 Å². The van der Waals surface area contributed by atoms with Crippen LogP contribution in [-0.4, -0.2) is 41.6 Å². The number of unbranched alkanes of at least 4 members (excludes halogenated alkanes) is 2. The molecule has 1 fully saturated rings. The highest BCUT2D eigenvalue weighted by Crippen LogP contribution is 2.24. The van der Waals surface area contributed by atoms with Gasteiger partial charge >= 0.3 is 0 Å². The molecule has 0 aliphatic carbocycles. The average molecular weight is 244 g/mol. The predicted molar refractivity (Wildman–Crippen MR) is 75.1 cm³/mol. The van der Waals surface area contributed by atoms with Crippen LogP contribution in [0.15, 0.2) is 0 Å². The summed E-state index contributed by atoms with van der Waals surface area (Å²) in [6.45, 7) is 7.90. The first-order valence-corrected chi connectivity index (χ1v) is 7.91. The van der Waals surface area contributed by atoms with E-state index in [1.165, 1.54) is 56.7 Å². The van der Waals surface area contributed by atoms with E-state index in [1.54, 1.807) is 0 Å². The Morgan fingerprint density at radius 1 is 1.25 bits per heavy atom. The fourth-order valence-electron chi connectivity index (χ4n) is 2.43. The van der Waals surface area contributed by atoms with Gasteiger partial charge in [-0.05, 0) is 32.1 Å². The zero-order valence-corrected chi connectivity index (χ0v) is 11.8. The van der Waals surface area contributed by atoms with Gasteiger partial charge in [-0.25, -0.2) is 0 Å². The lowest BCUT2D eigenvalue weighted by atomic mass is 9.92. The molecule has 96 valence electrons. The summed E-state index contributed by atoms with van der Waals surface area (Å²) in [6, 6.07) is 0. The Morgan fingerprint density at radius 2 is 2.06 bits per heavy atom. The van der Waals surface area contributed by atoms with Crippen LogP contribution in [0.25, 0.3) is 0 Å². The van der Waals surface area contributed by atoms with Crippen molar-refractivity contribution < 1.29 is 0 Å². The van der Waals surface area contributed by atoms with Gasteiger partial charge in [0.1, 0.15) is 0 Å². The lowest BCUT2D eigenvalue weighted by molar-refractivity contribution is 0.108. The van der Waals surface area contributed by atoms with Crippen molar-refractivity contribution >= 4 is 11.8 Å². The highest BCUT2D eigenvalue weighted by atomic mass is 32.2. The largest absolute Gasteiger partial charge is 0.329 e. The van der Waals surface area contributed by atoms with E-state index in [9.17, 15) is 0 Å². The quantitative estimate of drug-likeness (QED) is 0.729. The molecule has 0 saturated carbocycles. The van der Waals surface area contributed by atoms with Crippen LogP contribution in [0, 0.1) is 0 Å². The molecule has 0 bridgehead atoms. The second-order valence-electron chi connectivity index (χ2n) is 5.11. The number of nitrogens with zero attached hydrogens (tertiary/aromatic N) is 1. The minimum absolute atomic E-state index is 0.250. The Kier molecular flexibility index (Phi) is 6.78. The summed E-state index contributed by atoms with van der Waals surface area (Å²) in [5, 5.41) is 0. The molecule has 0 aromatic heterocycles. The van der Waals surface area contributed by atoms with Crippen LogP contribution in [0.5, 0.6) is 0 Å². The molecule has 0 spiro atoms. The summed E-state index contributed by atoms with van der Waals surface area (Å²) < 4.78 is 0. The molecule has 0 aromatic rings. The summed E-state index contributed by atoms with van der Waals surface area (Å²) in [5.41, 5.74) is 6.27. The van der Waals surface area contributed by atoms with E-state index >= 15 is 0 Å². The van der Waals surface area contributed by atoms with Gasteiger partial charge in [0.25, 0.3) is 0 Å². The standard InChI is InChI=1S/C13H28N2S/c1-3-4-5-7-13(2,12-14)15-8-6-10-16-11-9-15/h3-12,14H2,1-2H3.